The van der Waals surface area contributed by atoms with E-state index in [1.807, 2.05) is 0 Å². The molecule has 2 saturated heterocycles. The molecule has 0 saturated carbocycles. The fourth-order valence-electron chi connectivity index (χ4n) is 3.54. The Morgan fingerprint density at radius 1 is 1.19 bits per heavy atom. The smallest absolute Gasteiger partial charge is 0.128 e. The molecule has 3 nitrogen and oxygen atoms in total. The lowest BCUT2D eigenvalue weighted by atomic mass is 9.78. The Morgan fingerprint density at radius 3 is 2.67 bits per heavy atom. The van der Waals surface area contributed by atoms with Crippen molar-refractivity contribution >= 4 is 5.82 Å². The summed E-state index contributed by atoms with van der Waals surface area (Å²) in [5.74, 6) is 1.69. The fourth-order valence-corrected chi connectivity index (χ4v) is 3.54. The van der Waals surface area contributed by atoms with E-state index in [1.54, 1.807) is 0 Å². The molecular weight excluding hydrogens is 258 g/mol. The van der Waals surface area contributed by atoms with Gasteiger partial charge in [0.1, 0.15) is 5.82 Å². The van der Waals surface area contributed by atoms with E-state index in [4.69, 9.17) is 4.98 Å². The molecule has 0 amide bonds. The summed E-state index contributed by atoms with van der Waals surface area (Å²) in [5, 5.41) is 0. The van der Waals surface area contributed by atoms with Crippen molar-refractivity contribution in [1.29, 1.82) is 0 Å². The van der Waals surface area contributed by atoms with Crippen LogP contribution in [0.5, 0.6) is 0 Å². The summed E-state index contributed by atoms with van der Waals surface area (Å²) in [7, 11) is 0. The standard InChI is InChI=1S/C18H29N3/c1-14(18(2,3)4)15-7-8-17(19-12-15)21-11-10-20-9-5-6-16(20)13-21/h7-8,12,14,16H,5-6,9-11,13H2,1-4H3/t14-,16+/m1/s1. The van der Waals surface area contributed by atoms with Crippen LogP contribution >= 0.6 is 0 Å². The summed E-state index contributed by atoms with van der Waals surface area (Å²) >= 11 is 0. The Hall–Kier alpha value is -1.09. The van der Waals surface area contributed by atoms with Crippen molar-refractivity contribution < 1.29 is 0 Å². The van der Waals surface area contributed by atoms with Crippen LogP contribution in [-0.2, 0) is 0 Å². The second-order valence-electron chi connectivity index (χ2n) is 7.82. The van der Waals surface area contributed by atoms with Gasteiger partial charge in [0.25, 0.3) is 0 Å². The zero-order chi connectivity index (χ0) is 15.0. The molecule has 2 aliphatic rings. The highest BCUT2D eigenvalue weighted by molar-refractivity contribution is 5.41. The molecule has 3 rings (SSSR count). The maximum Gasteiger partial charge on any atom is 0.128 e. The first-order valence-corrected chi connectivity index (χ1v) is 8.40. The van der Waals surface area contributed by atoms with E-state index in [-0.39, 0.29) is 0 Å². The van der Waals surface area contributed by atoms with Crippen molar-refractivity contribution in [2.45, 2.75) is 52.5 Å². The molecule has 2 aliphatic heterocycles. The number of fused-ring (bicyclic) bond motifs is 1. The Morgan fingerprint density at radius 2 is 2.00 bits per heavy atom. The summed E-state index contributed by atoms with van der Waals surface area (Å²) < 4.78 is 0. The third-order valence-electron chi connectivity index (χ3n) is 5.48. The molecule has 2 fully saturated rings. The average Bonchev–Trinajstić information content (AvgIpc) is 2.93. The highest BCUT2D eigenvalue weighted by atomic mass is 15.3. The van der Waals surface area contributed by atoms with Gasteiger partial charge < -0.3 is 4.90 Å². The largest absolute Gasteiger partial charge is 0.354 e. The first kappa shape index (κ1) is 14.8. The Balaban J connectivity index is 1.70. The number of rotatable bonds is 2. The van der Waals surface area contributed by atoms with Gasteiger partial charge in [-0.15, -0.1) is 0 Å². The van der Waals surface area contributed by atoms with Crippen LogP contribution in [0.2, 0.25) is 0 Å². The van der Waals surface area contributed by atoms with Gasteiger partial charge in [-0.3, -0.25) is 4.90 Å². The molecule has 21 heavy (non-hydrogen) atoms. The molecule has 0 spiro atoms. The Labute approximate surface area is 129 Å². The van der Waals surface area contributed by atoms with Crippen molar-refractivity contribution in [3.8, 4) is 0 Å². The number of nitrogens with zero attached hydrogens (tertiary/aromatic N) is 3. The molecule has 0 unspecified atom stereocenters. The van der Waals surface area contributed by atoms with Crippen molar-refractivity contribution in [1.82, 2.24) is 9.88 Å². The van der Waals surface area contributed by atoms with Gasteiger partial charge in [0.05, 0.1) is 0 Å². The lowest BCUT2D eigenvalue weighted by Crippen LogP contribution is -2.50. The first-order valence-electron chi connectivity index (χ1n) is 8.40. The highest BCUT2D eigenvalue weighted by Gasteiger charge is 2.31. The number of hydrogen-bond donors (Lipinski definition) is 0. The molecular formula is C18H29N3. The highest BCUT2D eigenvalue weighted by Crippen LogP contribution is 2.34. The summed E-state index contributed by atoms with van der Waals surface area (Å²) in [6.07, 6.45) is 4.82. The average molecular weight is 287 g/mol. The Kier molecular flexibility index (Phi) is 3.96. The van der Waals surface area contributed by atoms with Crippen molar-refractivity contribution in [2.24, 2.45) is 5.41 Å². The van der Waals surface area contributed by atoms with Crippen LogP contribution in [0.3, 0.4) is 0 Å². The monoisotopic (exact) mass is 287 g/mol. The topological polar surface area (TPSA) is 19.4 Å². The van der Waals surface area contributed by atoms with Gasteiger partial charge in [-0.05, 0) is 42.3 Å². The molecule has 0 N–H and O–H groups in total. The number of piperazine rings is 1. The van der Waals surface area contributed by atoms with Crippen molar-refractivity contribution in [2.75, 3.05) is 31.1 Å². The van der Waals surface area contributed by atoms with E-state index >= 15 is 0 Å². The third-order valence-corrected chi connectivity index (χ3v) is 5.48. The van der Waals surface area contributed by atoms with Crippen LogP contribution < -0.4 is 4.90 Å². The van der Waals surface area contributed by atoms with Gasteiger partial charge in [-0.1, -0.05) is 33.8 Å². The molecule has 0 aromatic carbocycles. The number of hydrogen-bond acceptors (Lipinski definition) is 3. The van der Waals surface area contributed by atoms with Crippen molar-refractivity contribution in [3.05, 3.63) is 23.9 Å². The molecule has 0 aliphatic carbocycles. The fraction of sp³-hybridized carbons (Fsp3) is 0.722. The van der Waals surface area contributed by atoms with E-state index in [1.165, 1.54) is 31.5 Å². The minimum absolute atomic E-state index is 0.290. The molecule has 0 radical (unpaired) electrons. The quantitative estimate of drug-likeness (QED) is 0.829. The summed E-state index contributed by atoms with van der Waals surface area (Å²) in [5.41, 5.74) is 1.64. The third kappa shape index (κ3) is 3.08. The van der Waals surface area contributed by atoms with Crippen molar-refractivity contribution in [3.63, 3.8) is 0 Å². The molecule has 116 valence electrons. The van der Waals surface area contributed by atoms with Crippen LogP contribution in [0.1, 0.15) is 52.0 Å². The van der Waals surface area contributed by atoms with Crippen LogP contribution in [0.4, 0.5) is 5.82 Å². The van der Waals surface area contributed by atoms with Gasteiger partial charge in [-0.25, -0.2) is 4.98 Å². The molecule has 0 bridgehead atoms. The van der Waals surface area contributed by atoms with Gasteiger partial charge in [0.2, 0.25) is 0 Å². The zero-order valence-electron chi connectivity index (χ0n) is 14.0. The van der Waals surface area contributed by atoms with Gasteiger partial charge >= 0.3 is 0 Å². The first-order chi connectivity index (χ1) is 9.95. The molecule has 2 atom stereocenters. The maximum atomic E-state index is 4.76. The molecule has 3 heterocycles. The van der Waals surface area contributed by atoms with E-state index in [2.05, 4.69) is 55.8 Å². The summed E-state index contributed by atoms with van der Waals surface area (Å²) in [6.45, 7) is 14.0. The lowest BCUT2D eigenvalue weighted by molar-refractivity contribution is 0.230. The predicted octanol–water partition coefficient (Wildman–Crippen LogP) is 3.52. The van der Waals surface area contributed by atoms with Gasteiger partial charge in [0.15, 0.2) is 0 Å². The predicted molar refractivity (Wildman–Crippen MR) is 88.9 cm³/mol. The minimum atomic E-state index is 0.290. The SMILES string of the molecule is C[C@H](c1ccc(N2CCN3CCC[C@H]3C2)nc1)C(C)(C)C. The maximum absolute atomic E-state index is 4.76. The molecule has 1 aromatic heterocycles. The molecule has 1 aromatic rings. The van der Waals surface area contributed by atoms with Crippen LogP contribution in [-0.4, -0.2) is 42.1 Å². The van der Waals surface area contributed by atoms with Gasteiger partial charge in [-0.2, -0.15) is 0 Å². The number of pyridine rings is 1. The van der Waals surface area contributed by atoms with E-state index in [9.17, 15) is 0 Å². The van der Waals surface area contributed by atoms with E-state index in [0.29, 0.717) is 11.3 Å². The zero-order valence-corrected chi connectivity index (χ0v) is 14.0. The van der Waals surface area contributed by atoms with Crippen LogP contribution in [0.25, 0.3) is 0 Å². The summed E-state index contributed by atoms with van der Waals surface area (Å²) in [6, 6.07) is 5.26. The Bertz CT molecular complexity index is 474. The van der Waals surface area contributed by atoms with E-state index < -0.39 is 0 Å². The second-order valence-corrected chi connectivity index (χ2v) is 7.82. The minimum Gasteiger partial charge on any atom is -0.354 e. The number of anilines is 1. The van der Waals surface area contributed by atoms with Crippen LogP contribution in [0, 0.1) is 5.41 Å². The lowest BCUT2D eigenvalue weighted by Gasteiger charge is -2.38. The van der Waals surface area contributed by atoms with Crippen LogP contribution in [0.15, 0.2) is 18.3 Å². The molecule has 3 heteroatoms. The second kappa shape index (κ2) is 5.60. The normalized spacial score (nSPS) is 25.0. The number of aromatic nitrogens is 1. The van der Waals surface area contributed by atoms with Gasteiger partial charge in [0, 0.05) is 31.9 Å². The van der Waals surface area contributed by atoms with E-state index in [0.717, 1.165) is 24.9 Å². The summed E-state index contributed by atoms with van der Waals surface area (Å²) in [4.78, 5) is 9.87.